The number of hydrogen-bond acceptors (Lipinski definition) is 3. The van der Waals surface area contributed by atoms with Crippen LogP contribution in [-0.2, 0) is 5.41 Å². The molecule has 0 radical (unpaired) electrons. The lowest BCUT2D eigenvalue weighted by atomic mass is 9.62. The molecule has 108 valence electrons. The minimum Gasteiger partial charge on any atom is -0.312 e. The molecule has 0 unspecified atom stereocenters. The highest BCUT2D eigenvalue weighted by Gasteiger charge is 2.46. The van der Waals surface area contributed by atoms with Gasteiger partial charge >= 0.3 is 0 Å². The quantitative estimate of drug-likeness (QED) is 0.894. The predicted molar refractivity (Wildman–Crippen MR) is 82.5 cm³/mol. The summed E-state index contributed by atoms with van der Waals surface area (Å²) in [4.78, 5) is 2.23. The monoisotopic (exact) mass is 271 g/mol. The first kappa shape index (κ1) is 15.0. The average molecular weight is 271 g/mol. The summed E-state index contributed by atoms with van der Waals surface area (Å²) >= 11 is 0. The third-order valence-corrected chi connectivity index (χ3v) is 4.76. The first-order valence-corrected chi connectivity index (χ1v) is 7.27. The summed E-state index contributed by atoms with van der Waals surface area (Å²) in [7, 11) is 4.21. The minimum atomic E-state index is -0.277. The Labute approximate surface area is 122 Å². The third-order valence-electron chi connectivity index (χ3n) is 4.76. The van der Waals surface area contributed by atoms with Crippen LogP contribution in [0.4, 0.5) is 0 Å². The fraction of sp³-hybridized carbons (Fsp3) is 0.588. The van der Waals surface area contributed by atoms with Crippen molar-refractivity contribution >= 4 is 0 Å². The highest BCUT2D eigenvalue weighted by atomic mass is 15.2. The van der Waals surface area contributed by atoms with E-state index in [0.717, 1.165) is 24.9 Å². The van der Waals surface area contributed by atoms with Crippen LogP contribution in [0.25, 0.3) is 0 Å². The molecular formula is C17H25N3. The number of nitriles is 1. The largest absolute Gasteiger partial charge is 0.312 e. The van der Waals surface area contributed by atoms with Crippen LogP contribution in [0.1, 0.15) is 32.3 Å². The molecular weight excluding hydrogens is 246 g/mol. The zero-order valence-electron chi connectivity index (χ0n) is 13.0. The van der Waals surface area contributed by atoms with E-state index in [-0.39, 0.29) is 11.0 Å². The molecule has 2 rings (SSSR count). The fourth-order valence-electron chi connectivity index (χ4n) is 2.63. The van der Waals surface area contributed by atoms with Gasteiger partial charge in [0.15, 0.2) is 0 Å². The number of rotatable bonds is 5. The molecule has 0 amide bonds. The number of nitrogens with zero attached hydrogens (tertiary/aromatic N) is 2. The van der Waals surface area contributed by atoms with E-state index in [0.29, 0.717) is 6.04 Å². The summed E-state index contributed by atoms with van der Waals surface area (Å²) in [6, 6.07) is 13.2. The second-order valence-electron chi connectivity index (χ2n) is 6.75. The van der Waals surface area contributed by atoms with Gasteiger partial charge in [-0.15, -0.1) is 0 Å². The van der Waals surface area contributed by atoms with Gasteiger partial charge in [-0.1, -0.05) is 30.3 Å². The van der Waals surface area contributed by atoms with Crippen LogP contribution in [-0.4, -0.2) is 37.1 Å². The Morgan fingerprint density at radius 1 is 1.30 bits per heavy atom. The first-order valence-electron chi connectivity index (χ1n) is 7.27. The lowest BCUT2D eigenvalue weighted by Crippen LogP contribution is -2.56. The Hall–Kier alpha value is -1.37. The summed E-state index contributed by atoms with van der Waals surface area (Å²) in [6.45, 7) is 5.40. The maximum absolute atomic E-state index is 9.54. The Morgan fingerprint density at radius 3 is 2.40 bits per heavy atom. The van der Waals surface area contributed by atoms with Gasteiger partial charge in [0.05, 0.1) is 11.5 Å². The molecule has 0 saturated heterocycles. The molecule has 1 aromatic carbocycles. The highest BCUT2D eigenvalue weighted by molar-refractivity contribution is 5.36. The van der Waals surface area contributed by atoms with Gasteiger partial charge in [-0.2, -0.15) is 5.26 Å². The summed E-state index contributed by atoms with van der Waals surface area (Å²) < 4.78 is 0. The molecule has 1 fully saturated rings. The molecule has 3 heteroatoms. The molecule has 1 aromatic rings. The molecule has 1 N–H and O–H groups in total. The molecule has 3 nitrogen and oxygen atoms in total. The molecule has 1 aliphatic rings. The molecule has 0 aliphatic heterocycles. The van der Waals surface area contributed by atoms with Crippen molar-refractivity contribution in [1.82, 2.24) is 10.2 Å². The van der Waals surface area contributed by atoms with Crippen molar-refractivity contribution in [3.05, 3.63) is 35.9 Å². The number of hydrogen-bond donors (Lipinski definition) is 1. The van der Waals surface area contributed by atoms with Gasteiger partial charge in [-0.3, -0.25) is 0 Å². The van der Waals surface area contributed by atoms with E-state index in [2.05, 4.69) is 56.4 Å². The van der Waals surface area contributed by atoms with Gasteiger partial charge in [0, 0.05) is 18.1 Å². The van der Waals surface area contributed by atoms with Gasteiger partial charge in [0.1, 0.15) is 0 Å². The predicted octanol–water partition coefficient (Wildman–Crippen LogP) is 2.54. The Kier molecular flexibility index (Phi) is 4.17. The van der Waals surface area contributed by atoms with E-state index >= 15 is 0 Å². The number of likely N-dealkylation sites (N-methyl/N-ethyl adjacent to an activating group) is 1. The molecule has 0 aromatic heterocycles. The third kappa shape index (κ3) is 2.87. The molecule has 20 heavy (non-hydrogen) atoms. The Bertz CT molecular complexity index is 479. The van der Waals surface area contributed by atoms with Crippen LogP contribution in [0.5, 0.6) is 0 Å². The van der Waals surface area contributed by atoms with E-state index < -0.39 is 0 Å². The minimum absolute atomic E-state index is 0.137. The maximum Gasteiger partial charge on any atom is 0.0852 e. The smallest absolute Gasteiger partial charge is 0.0852 e. The second kappa shape index (κ2) is 5.55. The number of benzene rings is 1. The summed E-state index contributed by atoms with van der Waals surface area (Å²) in [5, 5.41) is 13.1. The summed E-state index contributed by atoms with van der Waals surface area (Å²) in [5.74, 6) is 0. The van der Waals surface area contributed by atoms with Crippen molar-refractivity contribution < 1.29 is 0 Å². The van der Waals surface area contributed by atoms with Gasteiger partial charge < -0.3 is 10.2 Å². The Morgan fingerprint density at radius 2 is 1.90 bits per heavy atom. The molecule has 0 atom stereocenters. The lowest BCUT2D eigenvalue weighted by Gasteiger charge is -2.45. The topological polar surface area (TPSA) is 39.1 Å². The van der Waals surface area contributed by atoms with Crippen molar-refractivity contribution in [2.24, 2.45) is 0 Å². The first-order chi connectivity index (χ1) is 9.39. The van der Waals surface area contributed by atoms with Crippen LogP contribution in [0.2, 0.25) is 0 Å². The van der Waals surface area contributed by atoms with Crippen LogP contribution < -0.4 is 5.32 Å². The van der Waals surface area contributed by atoms with E-state index in [1.165, 1.54) is 0 Å². The van der Waals surface area contributed by atoms with Crippen LogP contribution in [0, 0.1) is 11.3 Å². The molecule has 1 saturated carbocycles. The standard InChI is InChI=1S/C17H25N3/c1-16(2,20(3)4)13-19-15-10-17(11-15,12-18)14-8-6-5-7-9-14/h5-9,15,19H,10-11,13H2,1-4H3. The van der Waals surface area contributed by atoms with E-state index in [1.54, 1.807) is 0 Å². The van der Waals surface area contributed by atoms with E-state index in [1.807, 2.05) is 18.2 Å². The van der Waals surface area contributed by atoms with Crippen molar-refractivity contribution in [3.8, 4) is 6.07 Å². The van der Waals surface area contributed by atoms with Gasteiger partial charge in [-0.25, -0.2) is 0 Å². The second-order valence-corrected chi connectivity index (χ2v) is 6.75. The zero-order chi connectivity index (χ0) is 14.8. The molecule has 0 spiro atoms. The van der Waals surface area contributed by atoms with Crippen molar-refractivity contribution in [3.63, 3.8) is 0 Å². The maximum atomic E-state index is 9.54. The van der Waals surface area contributed by atoms with Crippen molar-refractivity contribution in [2.75, 3.05) is 20.6 Å². The van der Waals surface area contributed by atoms with Crippen LogP contribution >= 0.6 is 0 Å². The summed E-state index contributed by atoms with van der Waals surface area (Å²) in [6.07, 6.45) is 1.83. The average Bonchev–Trinajstić information content (AvgIpc) is 2.38. The van der Waals surface area contributed by atoms with Crippen LogP contribution in [0.3, 0.4) is 0 Å². The normalized spacial score (nSPS) is 26.1. The fourth-order valence-corrected chi connectivity index (χ4v) is 2.63. The van der Waals surface area contributed by atoms with Crippen LogP contribution in [0.15, 0.2) is 30.3 Å². The summed E-state index contributed by atoms with van der Waals surface area (Å²) in [5.41, 5.74) is 1.02. The lowest BCUT2D eigenvalue weighted by molar-refractivity contribution is 0.155. The van der Waals surface area contributed by atoms with Crippen molar-refractivity contribution in [1.29, 1.82) is 5.26 Å². The van der Waals surface area contributed by atoms with E-state index in [4.69, 9.17) is 0 Å². The van der Waals surface area contributed by atoms with E-state index in [9.17, 15) is 5.26 Å². The molecule has 0 bridgehead atoms. The molecule has 1 aliphatic carbocycles. The zero-order valence-corrected chi connectivity index (χ0v) is 13.0. The van der Waals surface area contributed by atoms with Gasteiger partial charge in [-0.05, 0) is 46.3 Å². The number of nitrogens with one attached hydrogen (secondary N) is 1. The highest BCUT2D eigenvalue weighted by Crippen LogP contribution is 2.43. The van der Waals surface area contributed by atoms with Gasteiger partial charge in [0.2, 0.25) is 0 Å². The SMILES string of the molecule is CN(C)C(C)(C)CNC1CC(C#N)(c2ccccc2)C1. The van der Waals surface area contributed by atoms with Gasteiger partial charge in [0.25, 0.3) is 0 Å². The Balaban J connectivity index is 1.92. The van der Waals surface area contributed by atoms with Crippen molar-refractivity contribution in [2.45, 2.75) is 43.7 Å². The molecule has 0 heterocycles.